The lowest BCUT2D eigenvalue weighted by molar-refractivity contribution is -0.126. The van der Waals surface area contributed by atoms with Crippen LogP contribution in [0.5, 0.6) is 0 Å². The van der Waals surface area contributed by atoms with Crippen molar-refractivity contribution in [3.63, 3.8) is 0 Å². The van der Waals surface area contributed by atoms with Crippen LogP contribution in [0.25, 0.3) is 0 Å². The van der Waals surface area contributed by atoms with Crippen molar-refractivity contribution in [1.29, 1.82) is 0 Å². The zero-order valence-corrected chi connectivity index (χ0v) is 10.4. The lowest BCUT2D eigenvalue weighted by atomic mass is 10.2. The highest BCUT2D eigenvalue weighted by Gasteiger charge is 2.19. The molecule has 92 valence electrons. The summed E-state index contributed by atoms with van der Waals surface area (Å²) in [6.07, 6.45) is -0.439. The topological polar surface area (TPSA) is 80.3 Å². The minimum absolute atomic E-state index is 0.0388. The molecule has 0 saturated heterocycles. The van der Waals surface area contributed by atoms with E-state index in [1.165, 1.54) is 13.0 Å². The molecular weight excluding hydrogens is 242 g/mol. The highest BCUT2D eigenvalue weighted by Crippen LogP contribution is 2.13. The van der Waals surface area contributed by atoms with Crippen LogP contribution in [-0.4, -0.2) is 20.1 Å². The molecule has 0 fully saturated rings. The first-order valence-corrected chi connectivity index (χ1v) is 6.42. The maximum atomic E-state index is 11.8. The second-order valence-electron chi connectivity index (χ2n) is 3.67. The fraction of sp³-hybridized carbons (Fsp3) is 0.273. The SMILES string of the molecule is CC(=O)CC(=O)NS(=O)(=O)c1ccccc1C. The number of carbonyl (C=O) groups is 2. The fourth-order valence-corrected chi connectivity index (χ4v) is 2.56. The summed E-state index contributed by atoms with van der Waals surface area (Å²) in [7, 11) is -3.89. The number of aryl methyl sites for hydroxylation is 1. The Hall–Kier alpha value is -1.69. The van der Waals surface area contributed by atoms with Gasteiger partial charge in [0.15, 0.2) is 0 Å². The summed E-state index contributed by atoms with van der Waals surface area (Å²) in [5.74, 6) is -1.21. The number of carbonyl (C=O) groups excluding carboxylic acids is 2. The Morgan fingerprint density at radius 2 is 1.82 bits per heavy atom. The predicted octanol–water partition coefficient (Wildman–Crippen LogP) is 0.779. The van der Waals surface area contributed by atoms with Crippen molar-refractivity contribution in [2.75, 3.05) is 0 Å². The lowest BCUT2D eigenvalue weighted by Gasteiger charge is -2.08. The van der Waals surface area contributed by atoms with E-state index in [0.29, 0.717) is 5.56 Å². The number of Topliss-reactive ketones (excluding diaryl/α,β-unsaturated/α-hetero) is 1. The van der Waals surface area contributed by atoms with Crippen LogP contribution in [0.2, 0.25) is 0 Å². The molecule has 6 heteroatoms. The number of ketones is 1. The van der Waals surface area contributed by atoms with E-state index in [-0.39, 0.29) is 10.7 Å². The molecule has 17 heavy (non-hydrogen) atoms. The third kappa shape index (κ3) is 3.67. The minimum Gasteiger partial charge on any atom is -0.299 e. The Morgan fingerprint density at radius 3 is 2.35 bits per heavy atom. The highest BCUT2D eigenvalue weighted by atomic mass is 32.2. The van der Waals surface area contributed by atoms with Gasteiger partial charge >= 0.3 is 0 Å². The third-order valence-corrected chi connectivity index (χ3v) is 3.57. The molecule has 0 bridgehead atoms. The van der Waals surface area contributed by atoms with Crippen LogP contribution >= 0.6 is 0 Å². The van der Waals surface area contributed by atoms with Gasteiger partial charge < -0.3 is 0 Å². The standard InChI is InChI=1S/C11H13NO4S/c1-8-5-3-4-6-10(8)17(15,16)12-11(14)7-9(2)13/h3-6H,7H2,1-2H3,(H,12,14). The molecule has 0 aromatic heterocycles. The van der Waals surface area contributed by atoms with Crippen LogP contribution in [0, 0.1) is 6.92 Å². The molecular formula is C11H13NO4S. The molecule has 1 rings (SSSR count). The Morgan fingerprint density at radius 1 is 1.24 bits per heavy atom. The second-order valence-corrected chi connectivity index (χ2v) is 5.32. The van der Waals surface area contributed by atoms with Crippen LogP contribution in [0.15, 0.2) is 29.2 Å². The minimum atomic E-state index is -3.89. The van der Waals surface area contributed by atoms with E-state index in [0.717, 1.165) is 0 Å². The number of amides is 1. The van der Waals surface area contributed by atoms with E-state index < -0.39 is 22.4 Å². The zero-order chi connectivity index (χ0) is 13.1. The first-order valence-electron chi connectivity index (χ1n) is 4.93. The van der Waals surface area contributed by atoms with Crippen LogP contribution in [-0.2, 0) is 19.6 Å². The highest BCUT2D eigenvalue weighted by molar-refractivity contribution is 7.90. The molecule has 0 heterocycles. The zero-order valence-electron chi connectivity index (χ0n) is 9.56. The largest absolute Gasteiger partial charge is 0.299 e. The summed E-state index contributed by atoms with van der Waals surface area (Å²) >= 11 is 0. The molecule has 0 aliphatic carbocycles. The van der Waals surface area contributed by atoms with Crippen molar-refractivity contribution in [3.8, 4) is 0 Å². The number of benzene rings is 1. The van der Waals surface area contributed by atoms with Gasteiger partial charge in [-0.05, 0) is 25.5 Å². The second kappa shape index (κ2) is 5.09. The van der Waals surface area contributed by atoms with Gasteiger partial charge in [-0.25, -0.2) is 13.1 Å². The Kier molecular flexibility index (Phi) is 4.01. The van der Waals surface area contributed by atoms with Crippen LogP contribution in [0.3, 0.4) is 0 Å². The van der Waals surface area contributed by atoms with Gasteiger partial charge in [0.2, 0.25) is 5.91 Å². The van der Waals surface area contributed by atoms with E-state index in [1.807, 2.05) is 4.72 Å². The predicted molar refractivity (Wildman–Crippen MR) is 61.8 cm³/mol. The van der Waals surface area contributed by atoms with Gasteiger partial charge in [-0.2, -0.15) is 0 Å². The number of rotatable bonds is 4. The van der Waals surface area contributed by atoms with Gasteiger partial charge in [-0.3, -0.25) is 9.59 Å². The van der Waals surface area contributed by atoms with Crippen LogP contribution in [0.1, 0.15) is 18.9 Å². The maximum Gasteiger partial charge on any atom is 0.264 e. The summed E-state index contributed by atoms with van der Waals surface area (Å²) < 4.78 is 25.5. The molecule has 0 radical (unpaired) electrons. The quantitative estimate of drug-likeness (QED) is 0.806. The fourth-order valence-electron chi connectivity index (χ4n) is 1.32. The molecule has 0 unspecified atom stereocenters. The van der Waals surface area contributed by atoms with Gasteiger partial charge in [-0.15, -0.1) is 0 Å². The molecule has 0 spiro atoms. The summed E-state index contributed by atoms with van der Waals surface area (Å²) in [6, 6.07) is 6.30. The van der Waals surface area contributed by atoms with E-state index in [1.54, 1.807) is 25.1 Å². The summed E-state index contributed by atoms with van der Waals surface area (Å²) in [5, 5.41) is 0. The van der Waals surface area contributed by atoms with E-state index >= 15 is 0 Å². The van der Waals surface area contributed by atoms with Crippen molar-refractivity contribution in [2.45, 2.75) is 25.2 Å². The molecule has 0 aliphatic heterocycles. The Balaban J connectivity index is 2.94. The molecule has 5 nitrogen and oxygen atoms in total. The average molecular weight is 255 g/mol. The monoisotopic (exact) mass is 255 g/mol. The Bertz CT molecular complexity index is 548. The third-order valence-electron chi connectivity index (χ3n) is 2.04. The van der Waals surface area contributed by atoms with E-state index in [9.17, 15) is 18.0 Å². The number of hydrogen-bond donors (Lipinski definition) is 1. The van der Waals surface area contributed by atoms with Crippen molar-refractivity contribution >= 4 is 21.7 Å². The summed E-state index contributed by atoms with van der Waals surface area (Å²) in [4.78, 5) is 22.0. The van der Waals surface area contributed by atoms with Crippen molar-refractivity contribution in [3.05, 3.63) is 29.8 Å². The molecule has 1 N–H and O–H groups in total. The molecule has 0 aliphatic rings. The first kappa shape index (κ1) is 13.4. The molecule has 0 saturated carbocycles. The first-order chi connectivity index (χ1) is 7.83. The molecule has 1 aromatic carbocycles. The lowest BCUT2D eigenvalue weighted by Crippen LogP contribution is -2.32. The van der Waals surface area contributed by atoms with Gasteiger partial charge in [0.1, 0.15) is 5.78 Å². The summed E-state index contributed by atoms with van der Waals surface area (Å²) in [6.45, 7) is 2.85. The Labute approximate surface area is 99.9 Å². The number of sulfonamides is 1. The smallest absolute Gasteiger partial charge is 0.264 e. The number of nitrogens with one attached hydrogen (secondary N) is 1. The van der Waals surface area contributed by atoms with Crippen molar-refractivity contribution in [1.82, 2.24) is 4.72 Å². The van der Waals surface area contributed by atoms with Gasteiger partial charge in [0.25, 0.3) is 10.0 Å². The maximum absolute atomic E-state index is 11.8. The van der Waals surface area contributed by atoms with Crippen molar-refractivity contribution in [2.24, 2.45) is 0 Å². The molecule has 1 aromatic rings. The summed E-state index contributed by atoms with van der Waals surface area (Å²) in [5.41, 5.74) is 0.538. The van der Waals surface area contributed by atoms with E-state index in [2.05, 4.69) is 0 Å². The van der Waals surface area contributed by atoms with E-state index in [4.69, 9.17) is 0 Å². The van der Waals surface area contributed by atoms with Gasteiger partial charge in [-0.1, -0.05) is 18.2 Å². The molecule has 0 atom stereocenters. The van der Waals surface area contributed by atoms with Gasteiger partial charge in [0, 0.05) is 0 Å². The average Bonchev–Trinajstić information content (AvgIpc) is 2.15. The van der Waals surface area contributed by atoms with Gasteiger partial charge in [0.05, 0.1) is 11.3 Å². The molecule has 1 amide bonds. The normalized spacial score (nSPS) is 10.9. The van der Waals surface area contributed by atoms with Crippen molar-refractivity contribution < 1.29 is 18.0 Å². The van der Waals surface area contributed by atoms with Crippen LogP contribution in [0.4, 0.5) is 0 Å². The number of hydrogen-bond acceptors (Lipinski definition) is 4. The van der Waals surface area contributed by atoms with Crippen LogP contribution < -0.4 is 4.72 Å².